The minimum absolute atomic E-state index is 0.294. The van der Waals surface area contributed by atoms with Gasteiger partial charge in [-0.05, 0) is 69.9 Å². The van der Waals surface area contributed by atoms with Gasteiger partial charge < -0.3 is 14.5 Å². The van der Waals surface area contributed by atoms with E-state index >= 15 is 0 Å². The maximum atomic E-state index is 13.6. The van der Waals surface area contributed by atoms with E-state index in [0.29, 0.717) is 11.9 Å². The number of rotatable bonds is 4. The van der Waals surface area contributed by atoms with Crippen LogP contribution in [0.4, 0.5) is 5.69 Å². The zero-order valence-electron chi connectivity index (χ0n) is 16.2. The first-order valence-electron chi connectivity index (χ1n) is 10.7. The average Bonchev–Trinajstić information content (AvgIpc) is 3.45. The van der Waals surface area contributed by atoms with E-state index in [9.17, 15) is 4.79 Å². The van der Waals surface area contributed by atoms with Crippen LogP contribution in [0.5, 0.6) is 0 Å². The Morgan fingerprint density at radius 2 is 1.81 bits per heavy atom. The Bertz CT molecular complexity index is 687. The van der Waals surface area contributed by atoms with Crippen molar-refractivity contribution in [2.24, 2.45) is 0 Å². The van der Waals surface area contributed by atoms with Crippen LogP contribution in [-0.2, 0) is 14.9 Å². The van der Waals surface area contributed by atoms with E-state index in [0.717, 1.165) is 58.7 Å². The second-order valence-corrected chi connectivity index (χ2v) is 8.66. The third-order valence-electron chi connectivity index (χ3n) is 7.28. The first kappa shape index (κ1) is 17.7. The molecule has 0 aromatic heterocycles. The van der Waals surface area contributed by atoms with Crippen LogP contribution in [0.2, 0.25) is 0 Å². The van der Waals surface area contributed by atoms with Crippen LogP contribution in [0.3, 0.4) is 0 Å². The number of likely N-dealkylation sites (tertiary alicyclic amines) is 2. The van der Waals surface area contributed by atoms with E-state index in [1.54, 1.807) is 0 Å². The summed E-state index contributed by atoms with van der Waals surface area (Å²) in [6.45, 7) is 7.97. The minimum Gasteiger partial charge on any atom is -0.380 e. The number of carbonyl (C=O) groups is 1. The van der Waals surface area contributed by atoms with E-state index in [4.69, 9.17) is 4.74 Å². The standard InChI is InChI=1S/C22H31N3O2/c26-21-22(8-12-24(13-9-22)18-7-16-27-17-18)19-5-1-2-6-20(19)25(21)15-14-23-10-3-4-11-23/h1-2,5-6,18H,3-4,7-17H2. The number of benzene rings is 1. The number of ether oxygens (including phenoxy) is 1. The summed E-state index contributed by atoms with van der Waals surface area (Å²) in [5.74, 6) is 0.352. The van der Waals surface area contributed by atoms with Crippen LogP contribution < -0.4 is 4.90 Å². The molecule has 0 N–H and O–H groups in total. The number of piperidine rings is 1. The number of amides is 1. The lowest BCUT2D eigenvalue weighted by molar-refractivity contribution is -0.125. The molecule has 0 bridgehead atoms. The SMILES string of the molecule is O=C1N(CCN2CCCC2)c2ccccc2C12CCN(C1CCOC1)CC2. The summed E-state index contributed by atoms with van der Waals surface area (Å²) >= 11 is 0. The van der Waals surface area contributed by atoms with Crippen LogP contribution in [0.1, 0.15) is 37.7 Å². The molecule has 0 radical (unpaired) electrons. The zero-order chi connectivity index (χ0) is 18.3. The Morgan fingerprint density at radius 3 is 2.56 bits per heavy atom. The molecule has 1 unspecified atom stereocenters. The monoisotopic (exact) mass is 369 g/mol. The summed E-state index contributed by atoms with van der Waals surface area (Å²) in [6, 6.07) is 9.11. The third kappa shape index (κ3) is 3.00. The molecule has 146 valence electrons. The fraction of sp³-hybridized carbons (Fsp3) is 0.682. The van der Waals surface area contributed by atoms with Crippen molar-refractivity contribution in [3.63, 3.8) is 0 Å². The Morgan fingerprint density at radius 1 is 1.04 bits per heavy atom. The quantitative estimate of drug-likeness (QED) is 0.816. The first-order chi connectivity index (χ1) is 13.3. The number of fused-ring (bicyclic) bond motifs is 2. The molecule has 0 aliphatic carbocycles. The van der Waals surface area contributed by atoms with E-state index in [1.165, 1.54) is 37.2 Å². The lowest BCUT2D eigenvalue weighted by atomic mass is 9.73. The molecule has 4 aliphatic heterocycles. The smallest absolute Gasteiger partial charge is 0.237 e. The fourth-order valence-electron chi connectivity index (χ4n) is 5.63. The molecule has 5 heteroatoms. The molecular formula is C22H31N3O2. The van der Waals surface area contributed by atoms with Gasteiger partial charge in [-0.3, -0.25) is 9.69 Å². The van der Waals surface area contributed by atoms with Crippen LogP contribution in [0.15, 0.2) is 24.3 Å². The highest BCUT2D eigenvalue weighted by atomic mass is 16.5. The van der Waals surface area contributed by atoms with Gasteiger partial charge in [-0.15, -0.1) is 0 Å². The van der Waals surface area contributed by atoms with Gasteiger partial charge in [-0.2, -0.15) is 0 Å². The van der Waals surface area contributed by atoms with Crippen molar-refractivity contribution in [1.82, 2.24) is 9.80 Å². The molecule has 4 aliphatic rings. The molecule has 1 atom stereocenters. The summed E-state index contributed by atoms with van der Waals surface area (Å²) in [5.41, 5.74) is 2.15. The molecule has 1 aromatic rings. The number of nitrogens with zero attached hydrogens (tertiary/aromatic N) is 3. The van der Waals surface area contributed by atoms with E-state index in [2.05, 4.69) is 39.0 Å². The molecule has 4 heterocycles. The van der Waals surface area contributed by atoms with Crippen molar-refractivity contribution in [1.29, 1.82) is 0 Å². The van der Waals surface area contributed by atoms with Gasteiger partial charge in [0.15, 0.2) is 0 Å². The van der Waals surface area contributed by atoms with Crippen molar-refractivity contribution >= 4 is 11.6 Å². The highest BCUT2D eigenvalue weighted by molar-refractivity contribution is 6.08. The van der Waals surface area contributed by atoms with Crippen molar-refractivity contribution < 1.29 is 9.53 Å². The average molecular weight is 370 g/mol. The summed E-state index contributed by atoms with van der Waals surface area (Å²) in [7, 11) is 0. The van der Waals surface area contributed by atoms with Gasteiger partial charge in [-0.1, -0.05) is 18.2 Å². The zero-order valence-corrected chi connectivity index (χ0v) is 16.2. The number of hydrogen-bond donors (Lipinski definition) is 0. The predicted molar refractivity (Wildman–Crippen MR) is 106 cm³/mol. The lowest BCUT2D eigenvalue weighted by Gasteiger charge is -2.40. The lowest BCUT2D eigenvalue weighted by Crippen LogP contribution is -2.52. The summed E-state index contributed by atoms with van der Waals surface area (Å²) in [4.78, 5) is 20.8. The van der Waals surface area contributed by atoms with Gasteiger partial charge in [0, 0.05) is 31.4 Å². The van der Waals surface area contributed by atoms with E-state index in [-0.39, 0.29) is 5.41 Å². The van der Waals surface area contributed by atoms with Crippen LogP contribution in [0.25, 0.3) is 0 Å². The van der Waals surface area contributed by atoms with E-state index < -0.39 is 0 Å². The van der Waals surface area contributed by atoms with Gasteiger partial charge in [0.05, 0.1) is 12.0 Å². The Balaban J connectivity index is 1.34. The number of anilines is 1. The molecule has 1 amide bonds. The van der Waals surface area contributed by atoms with Gasteiger partial charge in [0.25, 0.3) is 0 Å². The molecule has 5 nitrogen and oxygen atoms in total. The number of carbonyl (C=O) groups excluding carboxylic acids is 1. The van der Waals surface area contributed by atoms with Gasteiger partial charge in [0.1, 0.15) is 0 Å². The molecule has 1 aromatic carbocycles. The topological polar surface area (TPSA) is 36.0 Å². The molecule has 0 saturated carbocycles. The summed E-state index contributed by atoms with van der Waals surface area (Å²) in [5, 5.41) is 0. The van der Waals surface area contributed by atoms with Crippen molar-refractivity contribution in [3.8, 4) is 0 Å². The van der Waals surface area contributed by atoms with Gasteiger partial charge in [0.2, 0.25) is 5.91 Å². The van der Waals surface area contributed by atoms with Crippen LogP contribution in [0, 0.1) is 0 Å². The molecule has 1 spiro atoms. The molecular weight excluding hydrogens is 338 g/mol. The summed E-state index contributed by atoms with van der Waals surface area (Å²) in [6.07, 6.45) is 5.63. The third-order valence-corrected chi connectivity index (χ3v) is 7.28. The molecule has 3 fully saturated rings. The first-order valence-corrected chi connectivity index (χ1v) is 10.7. The highest BCUT2D eigenvalue weighted by Gasteiger charge is 2.52. The van der Waals surface area contributed by atoms with Crippen molar-refractivity contribution in [2.45, 2.75) is 43.6 Å². The highest BCUT2D eigenvalue weighted by Crippen LogP contribution is 2.48. The van der Waals surface area contributed by atoms with Crippen LogP contribution >= 0.6 is 0 Å². The maximum Gasteiger partial charge on any atom is 0.237 e. The number of para-hydroxylation sites is 1. The maximum absolute atomic E-state index is 13.6. The predicted octanol–water partition coefficient (Wildman–Crippen LogP) is 2.25. The Hall–Kier alpha value is -1.43. The molecule has 27 heavy (non-hydrogen) atoms. The Labute approximate surface area is 162 Å². The van der Waals surface area contributed by atoms with Gasteiger partial charge in [-0.25, -0.2) is 0 Å². The largest absolute Gasteiger partial charge is 0.380 e. The second kappa shape index (κ2) is 7.19. The molecule has 5 rings (SSSR count). The molecule has 3 saturated heterocycles. The normalized spacial score (nSPS) is 28.4. The van der Waals surface area contributed by atoms with Crippen molar-refractivity contribution in [3.05, 3.63) is 29.8 Å². The van der Waals surface area contributed by atoms with Crippen molar-refractivity contribution in [2.75, 3.05) is 57.4 Å². The fourth-order valence-corrected chi connectivity index (χ4v) is 5.63. The van der Waals surface area contributed by atoms with E-state index in [1.807, 2.05) is 0 Å². The number of hydrogen-bond acceptors (Lipinski definition) is 4. The van der Waals surface area contributed by atoms with Crippen LogP contribution in [-0.4, -0.2) is 74.2 Å². The van der Waals surface area contributed by atoms with Gasteiger partial charge >= 0.3 is 0 Å². The second-order valence-electron chi connectivity index (χ2n) is 8.66. The summed E-state index contributed by atoms with van der Waals surface area (Å²) < 4.78 is 5.58. The minimum atomic E-state index is -0.294. The Kier molecular flexibility index (Phi) is 4.70.